The van der Waals surface area contributed by atoms with Crippen molar-refractivity contribution in [1.29, 1.82) is 0 Å². The van der Waals surface area contributed by atoms with Crippen LogP contribution in [0.25, 0.3) is 0 Å². The van der Waals surface area contributed by atoms with Crippen LogP contribution in [0.4, 0.5) is 0 Å². The lowest BCUT2D eigenvalue weighted by molar-refractivity contribution is 0.0958. The second-order valence-electron chi connectivity index (χ2n) is 3.65. The van der Waals surface area contributed by atoms with E-state index >= 15 is 0 Å². The SMILES string of the molecule is O=C(NCCc1ccc(O)cc1)c1cnc(Br)s1. The van der Waals surface area contributed by atoms with Crippen LogP contribution in [0.3, 0.4) is 0 Å². The number of aromatic nitrogens is 1. The molecule has 1 aromatic heterocycles. The highest BCUT2D eigenvalue weighted by molar-refractivity contribution is 9.11. The molecule has 0 bridgehead atoms. The Hall–Kier alpha value is -1.40. The average molecular weight is 327 g/mol. The van der Waals surface area contributed by atoms with Gasteiger partial charge in [-0.25, -0.2) is 4.98 Å². The highest BCUT2D eigenvalue weighted by Crippen LogP contribution is 2.18. The Morgan fingerprint density at radius 1 is 1.39 bits per heavy atom. The molecule has 0 fully saturated rings. The number of rotatable bonds is 4. The minimum Gasteiger partial charge on any atom is -0.508 e. The summed E-state index contributed by atoms with van der Waals surface area (Å²) < 4.78 is 0.700. The fourth-order valence-electron chi connectivity index (χ4n) is 1.43. The first-order chi connectivity index (χ1) is 8.65. The van der Waals surface area contributed by atoms with E-state index in [0.717, 1.165) is 12.0 Å². The fourth-order valence-corrected chi connectivity index (χ4v) is 2.61. The van der Waals surface area contributed by atoms with Gasteiger partial charge in [-0.1, -0.05) is 12.1 Å². The molecule has 0 aliphatic rings. The quantitative estimate of drug-likeness (QED) is 0.907. The number of hydrogen-bond acceptors (Lipinski definition) is 4. The van der Waals surface area contributed by atoms with Crippen molar-refractivity contribution in [3.8, 4) is 5.75 Å². The predicted octanol–water partition coefficient (Wildman–Crippen LogP) is 2.58. The summed E-state index contributed by atoms with van der Waals surface area (Å²) in [4.78, 5) is 16.3. The highest BCUT2D eigenvalue weighted by Gasteiger charge is 2.08. The number of amides is 1. The van der Waals surface area contributed by atoms with Crippen LogP contribution in [0.1, 0.15) is 15.2 Å². The van der Waals surface area contributed by atoms with E-state index in [9.17, 15) is 4.79 Å². The van der Waals surface area contributed by atoms with Crippen LogP contribution in [-0.2, 0) is 6.42 Å². The van der Waals surface area contributed by atoms with Gasteiger partial charge in [0.25, 0.3) is 5.91 Å². The minimum absolute atomic E-state index is 0.114. The predicted molar refractivity (Wildman–Crippen MR) is 74.0 cm³/mol. The van der Waals surface area contributed by atoms with Gasteiger partial charge in [0.15, 0.2) is 3.92 Å². The van der Waals surface area contributed by atoms with Crippen molar-refractivity contribution in [2.24, 2.45) is 0 Å². The normalized spacial score (nSPS) is 10.3. The second-order valence-corrected chi connectivity index (χ2v) is 5.96. The van der Waals surface area contributed by atoms with E-state index in [2.05, 4.69) is 26.2 Å². The molecule has 0 aliphatic heterocycles. The molecular formula is C12H11BrN2O2S. The van der Waals surface area contributed by atoms with Crippen LogP contribution >= 0.6 is 27.3 Å². The zero-order chi connectivity index (χ0) is 13.0. The van der Waals surface area contributed by atoms with Crippen molar-refractivity contribution >= 4 is 33.2 Å². The van der Waals surface area contributed by atoms with E-state index in [4.69, 9.17) is 5.11 Å². The van der Waals surface area contributed by atoms with E-state index in [0.29, 0.717) is 15.3 Å². The van der Waals surface area contributed by atoms with Crippen molar-refractivity contribution in [3.05, 3.63) is 44.8 Å². The van der Waals surface area contributed by atoms with E-state index < -0.39 is 0 Å². The number of halogens is 1. The number of carbonyl (C=O) groups excluding carboxylic acids is 1. The monoisotopic (exact) mass is 326 g/mol. The van der Waals surface area contributed by atoms with Gasteiger partial charge in [0, 0.05) is 6.54 Å². The largest absolute Gasteiger partial charge is 0.508 e. The zero-order valence-corrected chi connectivity index (χ0v) is 11.8. The summed E-state index contributed by atoms with van der Waals surface area (Å²) in [6.07, 6.45) is 2.27. The van der Waals surface area contributed by atoms with Gasteiger partial charge in [-0.15, -0.1) is 11.3 Å². The Bertz CT molecular complexity index is 539. The molecule has 94 valence electrons. The van der Waals surface area contributed by atoms with E-state index in [-0.39, 0.29) is 11.7 Å². The lowest BCUT2D eigenvalue weighted by Gasteiger charge is -2.03. The number of hydrogen-bond donors (Lipinski definition) is 2. The summed E-state index contributed by atoms with van der Waals surface area (Å²) in [5.74, 6) is 0.134. The number of phenolic OH excluding ortho intramolecular Hbond substituents is 1. The third-order valence-corrected chi connectivity index (χ3v) is 3.81. The van der Waals surface area contributed by atoms with Crippen LogP contribution in [0.2, 0.25) is 0 Å². The number of aromatic hydroxyl groups is 1. The summed E-state index contributed by atoms with van der Waals surface area (Å²) in [6.45, 7) is 0.555. The summed E-state index contributed by atoms with van der Waals surface area (Å²) in [5, 5.41) is 12.0. The van der Waals surface area contributed by atoms with Gasteiger partial charge in [-0.3, -0.25) is 4.79 Å². The minimum atomic E-state index is -0.114. The molecule has 6 heteroatoms. The molecule has 1 amide bonds. The lowest BCUT2D eigenvalue weighted by atomic mass is 10.1. The van der Waals surface area contributed by atoms with Gasteiger partial charge in [0.1, 0.15) is 10.6 Å². The molecule has 2 rings (SSSR count). The molecular weight excluding hydrogens is 316 g/mol. The third kappa shape index (κ3) is 3.54. The molecule has 4 nitrogen and oxygen atoms in total. The molecule has 1 heterocycles. The molecule has 1 aromatic carbocycles. The Morgan fingerprint density at radius 2 is 2.11 bits per heavy atom. The number of carbonyl (C=O) groups is 1. The van der Waals surface area contributed by atoms with Crippen LogP contribution in [0.15, 0.2) is 34.4 Å². The molecule has 2 aromatic rings. The van der Waals surface area contributed by atoms with Crippen molar-refractivity contribution in [2.45, 2.75) is 6.42 Å². The average Bonchev–Trinajstić information content (AvgIpc) is 2.78. The number of phenols is 1. The number of nitrogens with zero attached hydrogens (tertiary/aromatic N) is 1. The molecule has 18 heavy (non-hydrogen) atoms. The van der Waals surface area contributed by atoms with Gasteiger partial charge in [0.05, 0.1) is 6.20 Å². The Labute approximate surface area is 117 Å². The van der Waals surface area contributed by atoms with Gasteiger partial charge >= 0.3 is 0 Å². The maximum absolute atomic E-state index is 11.7. The topological polar surface area (TPSA) is 62.2 Å². The van der Waals surface area contributed by atoms with E-state index in [1.165, 1.54) is 11.3 Å². The number of nitrogens with one attached hydrogen (secondary N) is 1. The maximum Gasteiger partial charge on any atom is 0.263 e. The van der Waals surface area contributed by atoms with Gasteiger partial charge in [0.2, 0.25) is 0 Å². The van der Waals surface area contributed by atoms with Crippen LogP contribution in [0, 0.1) is 0 Å². The van der Waals surface area contributed by atoms with Gasteiger partial charge in [-0.2, -0.15) is 0 Å². The smallest absolute Gasteiger partial charge is 0.263 e. The standard InChI is InChI=1S/C12H11BrN2O2S/c13-12-15-7-10(18-12)11(17)14-6-5-8-1-3-9(16)4-2-8/h1-4,7,16H,5-6H2,(H,14,17). The lowest BCUT2D eigenvalue weighted by Crippen LogP contribution is -2.24. The summed E-state index contributed by atoms with van der Waals surface area (Å²) in [5.41, 5.74) is 1.07. The summed E-state index contributed by atoms with van der Waals surface area (Å²) in [7, 11) is 0. The molecule has 0 saturated heterocycles. The number of thiazole rings is 1. The maximum atomic E-state index is 11.7. The van der Waals surface area contributed by atoms with E-state index in [1.54, 1.807) is 18.3 Å². The van der Waals surface area contributed by atoms with Crippen molar-refractivity contribution in [3.63, 3.8) is 0 Å². The van der Waals surface area contributed by atoms with Crippen LogP contribution < -0.4 is 5.32 Å². The molecule has 0 atom stereocenters. The van der Waals surface area contributed by atoms with Crippen LogP contribution in [0.5, 0.6) is 5.75 Å². The first-order valence-corrected chi connectivity index (χ1v) is 6.93. The number of benzene rings is 1. The van der Waals surface area contributed by atoms with Crippen molar-refractivity contribution in [1.82, 2.24) is 10.3 Å². The van der Waals surface area contributed by atoms with Crippen LogP contribution in [-0.4, -0.2) is 22.5 Å². The fraction of sp³-hybridized carbons (Fsp3) is 0.167. The van der Waals surface area contributed by atoms with Gasteiger partial charge < -0.3 is 10.4 Å². The zero-order valence-electron chi connectivity index (χ0n) is 9.39. The molecule has 0 radical (unpaired) electrons. The summed E-state index contributed by atoms with van der Waals surface area (Å²) in [6, 6.07) is 6.95. The first kappa shape index (κ1) is 13.0. The molecule has 0 unspecified atom stereocenters. The van der Waals surface area contributed by atoms with Crippen molar-refractivity contribution < 1.29 is 9.90 Å². The first-order valence-electron chi connectivity index (χ1n) is 5.32. The molecule has 0 spiro atoms. The van der Waals surface area contributed by atoms with Crippen molar-refractivity contribution in [2.75, 3.05) is 6.54 Å². The Balaban J connectivity index is 1.82. The highest BCUT2D eigenvalue weighted by atomic mass is 79.9. The van der Waals surface area contributed by atoms with E-state index in [1.807, 2.05) is 12.1 Å². The third-order valence-electron chi connectivity index (χ3n) is 2.34. The molecule has 0 saturated carbocycles. The molecule has 0 aliphatic carbocycles. The van der Waals surface area contributed by atoms with Gasteiger partial charge in [-0.05, 0) is 40.0 Å². The Morgan fingerprint density at radius 3 is 2.72 bits per heavy atom. The molecule has 2 N–H and O–H groups in total. The second kappa shape index (κ2) is 5.97. The summed E-state index contributed by atoms with van der Waals surface area (Å²) >= 11 is 4.52. The Kier molecular flexibility index (Phi) is 4.33.